The van der Waals surface area contributed by atoms with Gasteiger partial charge in [-0.2, -0.15) is 13.5 Å². The van der Waals surface area contributed by atoms with Crippen LogP contribution in [0.2, 0.25) is 0 Å². The number of urea groups is 1. The molecule has 36 heavy (non-hydrogen) atoms. The monoisotopic (exact) mass is 516 g/mol. The summed E-state index contributed by atoms with van der Waals surface area (Å²) in [4.78, 5) is 39.9. The number of benzene rings is 1. The van der Waals surface area contributed by atoms with E-state index >= 15 is 0 Å². The molecular formula is C24H32N6O5S. The number of rotatable bonds is 7. The summed E-state index contributed by atoms with van der Waals surface area (Å²) < 4.78 is 29.1. The number of nitrogens with zero attached hydrogens (tertiary/aromatic N) is 4. The molecule has 0 saturated carbocycles. The van der Waals surface area contributed by atoms with Gasteiger partial charge in [0.2, 0.25) is 5.91 Å². The Morgan fingerprint density at radius 3 is 2.14 bits per heavy atom. The number of hydrogen-bond donors (Lipinski definition) is 2. The SMILES string of the molecule is CC(=O)N(C)CCN(C)C(=O)c1cc(S(=O)(=O)NC(=O)Nc2c3c(cc4c2CCC4)CCC3)nn1C. The van der Waals surface area contributed by atoms with Gasteiger partial charge in [-0.1, -0.05) is 6.07 Å². The van der Waals surface area contributed by atoms with Gasteiger partial charge in [0.25, 0.3) is 15.9 Å². The van der Waals surface area contributed by atoms with Crippen LogP contribution in [0.15, 0.2) is 17.2 Å². The Balaban J connectivity index is 1.47. The Labute approximate surface area is 210 Å². The largest absolute Gasteiger partial charge is 0.344 e. The Bertz CT molecular complexity index is 1300. The summed E-state index contributed by atoms with van der Waals surface area (Å²) in [5, 5.41) is 6.33. The third kappa shape index (κ3) is 5.08. The summed E-state index contributed by atoms with van der Waals surface area (Å²) in [6.45, 7) is 2.02. The molecule has 4 amide bonds. The van der Waals surface area contributed by atoms with Gasteiger partial charge in [0.15, 0.2) is 5.03 Å². The number of hydrogen-bond acceptors (Lipinski definition) is 6. The minimum Gasteiger partial charge on any atom is -0.344 e. The van der Waals surface area contributed by atoms with Crippen molar-refractivity contribution in [3.63, 3.8) is 0 Å². The average molecular weight is 517 g/mol. The molecule has 1 heterocycles. The fourth-order valence-electron chi connectivity index (χ4n) is 4.81. The lowest BCUT2D eigenvalue weighted by molar-refractivity contribution is -0.127. The van der Waals surface area contributed by atoms with Crippen LogP contribution in [0.4, 0.5) is 10.5 Å². The number of anilines is 1. The van der Waals surface area contributed by atoms with Gasteiger partial charge in [-0.05, 0) is 60.8 Å². The zero-order valence-corrected chi connectivity index (χ0v) is 21.9. The summed E-state index contributed by atoms with van der Waals surface area (Å²) in [6, 6.07) is 2.51. The fraction of sp³-hybridized carbons (Fsp3) is 0.500. The van der Waals surface area contributed by atoms with E-state index in [1.165, 1.54) is 34.9 Å². The lowest BCUT2D eigenvalue weighted by atomic mass is 9.99. The summed E-state index contributed by atoms with van der Waals surface area (Å²) in [6.07, 6.45) is 5.65. The summed E-state index contributed by atoms with van der Waals surface area (Å²) >= 11 is 0. The molecule has 194 valence electrons. The summed E-state index contributed by atoms with van der Waals surface area (Å²) in [5.41, 5.74) is 5.40. The van der Waals surface area contributed by atoms with Crippen LogP contribution >= 0.6 is 0 Å². The van der Waals surface area contributed by atoms with Gasteiger partial charge >= 0.3 is 6.03 Å². The van der Waals surface area contributed by atoms with E-state index < -0.39 is 27.0 Å². The van der Waals surface area contributed by atoms with Crippen LogP contribution < -0.4 is 10.0 Å². The first-order valence-corrected chi connectivity index (χ1v) is 13.5. The van der Waals surface area contributed by atoms with Crippen molar-refractivity contribution in [2.45, 2.75) is 50.5 Å². The van der Waals surface area contributed by atoms with Gasteiger partial charge in [0.05, 0.1) is 0 Å². The molecular weight excluding hydrogens is 484 g/mol. The summed E-state index contributed by atoms with van der Waals surface area (Å²) in [7, 11) is 0.318. The van der Waals surface area contributed by atoms with Crippen LogP contribution in [0.25, 0.3) is 0 Å². The van der Waals surface area contributed by atoms with Crippen molar-refractivity contribution in [3.05, 3.63) is 40.1 Å². The highest BCUT2D eigenvalue weighted by Gasteiger charge is 2.28. The highest BCUT2D eigenvalue weighted by molar-refractivity contribution is 7.90. The average Bonchev–Trinajstić information content (AvgIpc) is 3.55. The molecule has 0 radical (unpaired) electrons. The lowest BCUT2D eigenvalue weighted by Crippen LogP contribution is -2.37. The molecule has 2 aromatic rings. The predicted octanol–water partition coefficient (Wildman–Crippen LogP) is 1.46. The lowest BCUT2D eigenvalue weighted by Gasteiger charge is -2.21. The minimum absolute atomic E-state index is 0.0439. The molecule has 0 spiro atoms. The quantitative estimate of drug-likeness (QED) is 0.572. The van der Waals surface area contributed by atoms with Gasteiger partial charge in [0, 0.05) is 52.9 Å². The molecule has 2 N–H and O–H groups in total. The van der Waals surface area contributed by atoms with Crippen molar-refractivity contribution in [3.8, 4) is 0 Å². The highest BCUT2D eigenvalue weighted by Crippen LogP contribution is 2.38. The number of carbonyl (C=O) groups excluding carboxylic acids is 3. The van der Waals surface area contributed by atoms with E-state index in [4.69, 9.17) is 0 Å². The Hall–Kier alpha value is -3.41. The van der Waals surface area contributed by atoms with E-state index in [1.54, 1.807) is 14.1 Å². The predicted molar refractivity (Wildman–Crippen MR) is 133 cm³/mol. The first-order chi connectivity index (χ1) is 17.0. The second kappa shape index (κ2) is 9.92. The maximum absolute atomic E-state index is 12.9. The molecule has 0 aliphatic heterocycles. The van der Waals surface area contributed by atoms with Crippen LogP contribution in [-0.2, 0) is 47.5 Å². The number of aromatic nitrogens is 2. The number of amides is 4. The fourth-order valence-corrected chi connectivity index (χ4v) is 5.70. The van der Waals surface area contributed by atoms with Crippen LogP contribution in [-0.4, -0.2) is 73.0 Å². The van der Waals surface area contributed by atoms with Crippen LogP contribution in [0.3, 0.4) is 0 Å². The zero-order chi connectivity index (χ0) is 26.2. The molecule has 2 aliphatic carbocycles. The van der Waals surface area contributed by atoms with Crippen molar-refractivity contribution in [2.24, 2.45) is 7.05 Å². The third-order valence-electron chi connectivity index (χ3n) is 6.95. The number of sulfonamides is 1. The molecule has 1 aromatic heterocycles. The number of aryl methyl sites for hydroxylation is 3. The molecule has 12 heteroatoms. The highest BCUT2D eigenvalue weighted by atomic mass is 32.2. The molecule has 4 rings (SSSR count). The second-order valence-corrected chi connectivity index (χ2v) is 11.1. The van der Waals surface area contributed by atoms with Crippen molar-refractivity contribution in [1.82, 2.24) is 24.3 Å². The van der Waals surface area contributed by atoms with Crippen LogP contribution in [0, 0.1) is 0 Å². The normalized spacial score (nSPS) is 14.2. The van der Waals surface area contributed by atoms with Crippen molar-refractivity contribution in [1.29, 1.82) is 0 Å². The van der Waals surface area contributed by atoms with Gasteiger partial charge in [0.1, 0.15) is 5.69 Å². The van der Waals surface area contributed by atoms with Crippen molar-refractivity contribution < 1.29 is 22.8 Å². The first kappa shape index (κ1) is 25.7. The number of likely N-dealkylation sites (N-methyl/N-ethyl adjacent to an activating group) is 2. The van der Waals surface area contributed by atoms with E-state index in [2.05, 4.69) is 16.5 Å². The molecule has 1 aromatic carbocycles. The standard InChI is InChI=1S/C24H32N6O5S/c1-15(31)28(2)11-12-29(3)23(32)20-14-21(26-30(20)4)36(34,35)27-24(33)25-22-18-9-5-7-16(18)13-17-8-6-10-19(17)22/h13-14H,5-12H2,1-4H3,(H2,25,27,33). The van der Waals surface area contributed by atoms with Crippen LogP contribution in [0.5, 0.6) is 0 Å². The van der Waals surface area contributed by atoms with E-state index in [9.17, 15) is 22.8 Å². The van der Waals surface area contributed by atoms with E-state index in [0.29, 0.717) is 6.54 Å². The Morgan fingerprint density at radius 1 is 0.972 bits per heavy atom. The van der Waals surface area contributed by atoms with Gasteiger partial charge in [-0.15, -0.1) is 0 Å². The molecule has 2 aliphatic rings. The van der Waals surface area contributed by atoms with E-state index in [-0.39, 0.29) is 18.1 Å². The van der Waals surface area contributed by atoms with E-state index in [1.807, 2.05) is 4.72 Å². The maximum Gasteiger partial charge on any atom is 0.333 e. The molecule has 0 fully saturated rings. The Morgan fingerprint density at radius 2 is 1.56 bits per heavy atom. The summed E-state index contributed by atoms with van der Waals surface area (Å²) in [5.74, 6) is -0.581. The number of carbonyl (C=O) groups is 3. The minimum atomic E-state index is -4.32. The second-order valence-electron chi connectivity index (χ2n) is 9.45. The maximum atomic E-state index is 12.9. The van der Waals surface area contributed by atoms with Crippen LogP contribution in [0.1, 0.15) is 52.5 Å². The third-order valence-corrected chi connectivity index (χ3v) is 8.15. The van der Waals surface area contributed by atoms with E-state index in [0.717, 1.165) is 66.1 Å². The number of fused-ring (bicyclic) bond motifs is 2. The number of nitrogens with one attached hydrogen (secondary N) is 2. The molecule has 0 bridgehead atoms. The smallest absolute Gasteiger partial charge is 0.333 e. The first-order valence-electron chi connectivity index (χ1n) is 12.0. The van der Waals surface area contributed by atoms with Gasteiger partial charge in [-0.3, -0.25) is 14.3 Å². The molecule has 0 unspecified atom stereocenters. The van der Waals surface area contributed by atoms with Gasteiger partial charge < -0.3 is 15.1 Å². The Kier molecular flexibility index (Phi) is 7.07. The topological polar surface area (TPSA) is 134 Å². The van der Waals surface area contributed by atoms with Crippen molar-refractivity contribution in [2.75, 3.05) is 32.5 Å². The van der Waals surface area contributed by atoms with Gasteiger partial charge in [-0.25, -0.2) is 9.52 Å². The molecule has 0 saturated heterocycles. The molecule has 0 atom stereocenters. The van der Waals surface area contributed by atoms with Crippen molar-refractivity contribution >= 4 is 33.6 Å². The zero-order valence-electron chi connectivity index (χ0n) is 21.0. The molecule has 11 nitrogen and oxygen atoms in total.